The van der Waals surface area contributed by atoms with Crippen molar-refractivity contribution < 1.29 is 31.5 Å². The molecule has 13 heteroatoms. The minimum absolute atomic E-state index is 0.0203. The fraction of sp³-hybridized carbons (Fsp3) is 0.182. The second-order valence-corrected chi connectivity index (χ2v) is 9.23. The van der Waals surface area contributed by atoms with Gasteiger partial charge in [0.2, 0.25) is 15.6 Å². The third kappa shape index (κ3) is 5.19. The van der Waals surface area contributed by atoms with Gasteiger partial charge in [0.25, 0.3) is 5.56 Å². The van der Waals surface area contributed by atoms with Crippen LogP contribution >= 0.6 is 0 Å². The number of benzene rings is 2. The highest BCUT2D eigenvalue weighted by atomic mass is 32.2. The van der Waals surface area contributed by atoms with Crippen molar-refractivity contribution in [3.8, 4) is 0 Å². The van der Waals surface area contributed by atoms with Crippen LogP contribution in [0, 0.1) is 0 Å². The van der Waals surface area contributed by atoms with Crippen LogP contribution in [0.3, 0.4) is 0 Å². The summed E-state index contributed by atoms with van der Waals surface area (Å²) in [5.74, 6) is -6.08. The van der Waals surface area contributed by atoms with E-state index < -0.39 is 61.5 Å². The number of nitrogen functional groups attached to an aromatic ring is 1. The molecule has 0 spiro atoms. The molecule has 0 saturated heterocycles. The van der Waals surface area contributed by atoms with E-state index >= 15 is 0 Å². The number of hydrogen-bond donors (Lipinski definition) is 1. The number of carbonyl (C=O) groups is 2. The van der Waals surface area contributed by atoms with Gasteiger partial charge in [-0.05, 0) is 29.8 Å². The van der Waals surface area contributed by atoms with Crippen molar-refractivity contribution in [1.29, 1.82) is 0 Å². The fourth-order valence-electron chi connectivity index (χ4n) is 3.13. The summed E-state index contributed by atoms with van der Waals surface area (Å²) in [6, 6.07) is 12.2. The number of nitrogens with zero attached hydrogens (tertiary/aromatic N) is 2. The van der Waals surface area contributed by atoms with Gasteiger partial charge in [0.1, 0.15) is 11.4 Å². The number of halogens is 2. The summed E-state index contributed by atoms with van der Waals surface area (Å²) in [4.78, 5) is 49.3. The van der Waals surface area contributed by atoms with E-state index in [9.17, 15) is 36.4 Å². The van der Waals surface area contributed by atoms with Crippen molar-refractivity contribution in [2.75, 3.05) is 12.3 Å². The maximum Gasteiger partial charge on any atom is 0.341 e. The zero-order valence-electron chi connectivity index (χ0n) is 18.2. The van der Waals surface area contributed by atoms with Crippen LogP contribution in [-0.2, 0) is 28.2 Å². The second kappa shape index (κ2) is 10.0. The van der Waals surface area contributed by atoms with Gasteiger partial charge >= 0.3 is 17.4 Å². The van der Waals surface area contributed by atoms with E-state index in [2.05, 4.69) is 0 Å². The molecule has 184 valence electrons. The molecule has 3 aromatic rings. The first kappa shape index (κ1) is 25.5. The molecule has 2 aromatic carbocycles. The molecule has 0 aliphatic heterocycles. The Morgan fingerprint density at radius 1 is 1.03 bits per heavy atom. The fourth-order valence-corrected chi connectivity index (χ4v) is 3.86. The summed E-state index contributed by atoms with van der Waals surface area (Å²) < 4.78 is 54.8. The van der Waals surface area contributed by atoms with Crippen LogP contribution < -0.4 is 17.0 Å². The average Bonchev–Trinajstić information content (AvgIpc) is 2.84. The summed E-state index contributed by atoms with van der Waals surface area (Å²) in [6.45, 7) is -0.938. The van der Waals surface area contributed by atoms with Gasteiger partial charge in [-0.3, -0.25) is 18.7 Å². The Labute approximate surface area is 197 Å². The van der Waals surface area contributed by atoms with Crippen molar-refractivity contribution in [3.05, 3.63) is 92.1 Å². The maximum atomic E-state index is 12.7. The van der Waals surface area contributed by atoms with Crippen LogP contribution in [0.5, 0.6) is 0 Å². The number of ether oxygens (including phenoxy) is 1. The lowest BCUT2D eigenvalue weighted by Crippen LogP contribution is -2.43. The number of anilines is 1. The van der Waals surface area contributed by atoms with Crippen molar-refractivity contribution >= 4 is 27.4 Å². The molecule has 2 N–H and O–H groups in total. The number of esters is 1. The third-order valence-electron chi connectivity index (χ3n) is 5.03. The Balaban J connectivity index is 1.82. The van der Waals surface area contributed by atoms with E-state index in [4.69, 9.17) is 10.5 Å². The summed E-state index contributed by atoms with van der Waals surface area (Å²) in [5, 5.41) is 0. The molecule has 0 saturated carbocycles. The molecule has 0 aliphatic carbocycles. The highest BCUT2D eigenvalue weighted by molar-refractivity contribution is 7.91. The molecule has 0 aliphatic rings. The van der Waals surface area contributed by atoms with Crippen molar-refractivity contribution in [3.63, 3.8) is 0 Å². The lowest BCUT2D eigenvalue weighted by Gasteiger charge is -2.14. The number of ketones is 1. The van der Waals surface area contributed by atoms with Gasteiger partial charge in [-0.1, -0.05) is 30.3 Å². The van der Waals surface area contributed by atoms with E-state index in [0.717, 1.165) is 28.8 Å². The second-order valence-electron chi connectivity index (χ2n) is 7.31. The molecule has 10 nitrogen and oxygen atoms in total. The van der Waals surface area contributed by atoms with E-state index in [-0.39, 0.29) is 12.1 Å². The molecule has 1 heterocycles. The molecule has 1 aromatic heterocycles. The molecule has 0 bridgehead atoms. The van der Waals surface area contributed by atoms with E-state index in [1.54, 1.807) is 30.3 Å². The first-order valence-corrected chi connectivity index (χ1v) is 11.5. The summed E-state index contributed by atoms with van der Waals surface area (Å²) in [7, 11) is -3.67. The number of hydrogen-bond acceptors (Lipinski definition) is 8. The summed E-state index contributed by atoms with van der Waals surface area (Å²) in [6.07, 6.45) is 0. The van der Waals surface area contributed by atoms with Crippen molar-refractivity contribution in [2.24, 2.45) is 7.05 Å². The van der Waals surface area contributed by atoms with Crippen LogP contribution in [0.15, 0.2) is 69.1 Å². The lowest BCUT2D eigenvalue weighted by atomic mass is 10.2. The minimum Gasteiger partial charge on any atom is -0.454 e. The Bertz CT molecular complexity index is 1500. The van der Waals surface area contributed by atoms with Gasteiger partial charge < -0.3 is 10.5 Å². The predicted molar refractivity (Wildman–Crippen MR) is 120 cm³/mol. The molecular weight excluding hydrogens is 488 g/mol. The van der Waals surface area contributed by atoms with Gasteiger partial charge in [0, 0.05) is 7.05 Å². The van der Waals surface area contributed by atoms with Gasteiger partial charge in [-0.2, -0.15) is 8.78 Å². The van der Waals surface area contributed by atoms with Gasteiger partial charge in [0.05, 0.1) is 17.0 Å². The van der Waals surface area contributed by atoms with Crippen LogP contribution in [0.1, 0.15) is 26.3 Å². The molecule has 0 atom stereocenters. The molecule has 35 heavy (non-hydrogen) atoms. The Kier molecular flexibility index (Phi) is 7.29. The van der Waals surface area contributed by atoms with Crippen LogP contribution in [0.2, 0.25) is 0 Å². The van der Waals surface area contributed by atoms with E-state index in [1.807, 2.05) is 0 Å². The first-order valence-electron chi connectivity index (χ1n) is 9.90. The van der Waals surface area contributed by atoms with E-state index in [1.165, 1.54) is 7.05 Å². The molecule has 0 radical (unpaired) electrons. The predicted octanol–water partition coefficient (Wildman–Crippen LogP) is 1.21. The smallest absolute Gasteiger partial charge is 0.341 e. The standard InChI is InChI=1S/C22H19F2N3O7S/c1-26-19(29)17(18(25)27(22(26)31)11-13-5-3-2-4-6-13)16(28)12-34-20(30)14-7-9-15(10-8-14)35(32,33)21(23)24/h2-10,21H,11-12,25H2,1H3. The summed E-state index contributed by atoms with van der Waals surface area (Å²) >= 11 is 0. The minimum atomic E-state index is -4.84. The van der Waals surface area contributed by atoms with Crippen LogP contribution in [0.25, 0.3) is 0 Å². The third-order valence-corrected chi connectivity index (χ3v) is 6.43. The Hall–Kier alpha value is -4.13. The van der Waals surface area contributed by atoms with Crippen molar-refractivity contribution in [1.82, 2.24) is 9.13 Å². The number of nitrogens with two attached hydrogens (primary N) is 1. The first-order chi connectivity index (χ1) is 16.4. The zero-order valence-corrected chi connectivity index (χ0v) is 19.0. The van der Waals surface area contributed by atoms with Gasteiger partial charge in [0.15, 0.2) is 6.61 Å². The topological polar surface area (TPSA) is 148 Å². The highest BCUT2D eigenvalue weighted by Gasteiger charge is 2.27. The average molecular weight is 507 g/mol. The van der Waals surface area contributed by atoms with Crippen LogP contribution in [-0.4, -0.2) is 41.7 Å². The number of Topliss-reactive ketones (excluding diaryl/α,β-unsaturated/α-hetero) is 1. The SMILES string of the molecule is Cn1c(=O)c(C(=O)COC(=O)c2ccc(S(=O)(=O)C(F)F)cc2)c(N)n(Cc2ccccc2)c1=O. The molecule has 0 amide bonds. The highest BCUT2D eigenvalue weighted by Crippen LogP contribution is 2.19. The number of carbonyl (C=O) groups excluding carboxylic acids is 2. The van der Waals surface area contributed by atoms with E-state index in [0.29, 0.717) is 10.1 Å². The molecular formula is C22H19F2N3O7S. The number of rotatable bonds is 8. The van der Waals surface area contributed by atoms with Gasteiger partial charge in [-0.15, -0.1) is 0 Å². The normalized spacial score (nSPS) is 11.4. The molecule has 3 rings (SSSR count). The number of alkyl halides is 2. The maximum absolute atomic E-state index is 12.7. The Morgan fingerprint density at radius 3 is 2.20 bits per heavy atom. The molecule has 0 fully saturated rings. The van der Waals surface area contributed by atoms with Gasteiger partial charge in [-0.25, -0.2) is 18.0 Å². The molecule has 0 unspecified atom stereocenters. The Morgan fingerprint density at radius 2 is 1.63 bits per heavy atom. The largest absolute Gasteiger partial charge is 0.454 e. The van der Waals surface area contributed by atoms with Crippen LogP contribution in [0.4, 0.5) is 14.6 Å². The monoisotopic (exact) mass is 507 g/mol. The number of aromatic nitrogens is 2. The zero-order chi connectivity index (χ0) is 25.9. The lowest BCUT2D eigenvalue weighted by molar-refractivity contribution is 0.0474. The summed E-state index contributed by atoms with van der Waals surface area (Å²) in [5.41, 5.74) is 4.17. The van der Waals surface area contributed by atoms with Crippen molar-refractivity contribution in [2.45, 2.75) is 17.2 Å². The number of sulfone groups is 1. The quantitative estimate of drug-likeness (QED) is 0.354.